The minimum Gasteiger partial charge on any atom is -0.494 e. The SMILES string of the molecule is CCOC(=O)CC1C(O)C(O)C2(c3ccc(Cl)c(Cc4ccc(OCC)cc4)c3)OCC1(OC)O2. The maximum absolute atomic E-state index is 12.2. The first kappa shape index (κ1) is 25.9. The van der Waals surface area contributed by atoms with Crippen LogP contribution in [0.5, 0.6) is 5.75 Å². The molecule has 5 atom stereocenters. The van der Waals surface area contributed by atoms with E-state index in [1.54, 1.807) is 25.1 Å². The van der Waals surface area contributed by atoms with Crippen molar-refractivity contribution in [2.75, 3.05) is 26.9 Å². The zero-order chi connectivity index (χ0) is 25.2. The van der Waals surface area contributed by atoms with Gasteiger partial charge < -0.3 is 33.9 Å². The number of carbonyl (C=O) groups excluding carboxylic acids is 1. The summed E-state index contributed by atoms with van der Waals surface area (Å²) >= 11 is 6.50. The van der Waals surface area contributed by atoms with Gasteiger partial charge in [0.15, 0.2) is 0 Å². The van der Waals surface area contributed by atoms with E-state index in [9.17, 15) is 15.0 Å². The minimum absolute atomic E-state index is 0.0848. The molecule has 190 valence electrons. The van der Waals surface area contributed by atoms with E-state index in [4.69, 9.17) is 35.3 Å². The zero-order valence-corrected chi connectivity index (χ0v) is 20.8. The van der Waals surface area contributed by atoms with Gasteiger partial charge in [0.25, 0.3) is 0 Å². The van der Waals surface area contributed by atoms with Crippen LogP contribution in [-0.4, -0.2) is 61.1 Å². The zero-order valence-electron chi connectivity index (χ0n) is 20.0. The van der Waals surface area contributed by atoms with Crippen molar-refractivity contribution in [2.45, 2.75) is 50.5 Å². The van der Waals surface area contributed by atoms with Crippen molar-refractivity contribution in [2.24, 2.45) is 5.92 Å². The molecule has 0 aromatic heterocycles. The molecule has 2 aliphatic rings. The van der Waals surface area contributed by atoms with Gasteiger partial charge in [0.2, 0.25) is 11.6 Å². The molecule has 9 heteroatoms. The number of carbonyl (C=O) groups is 1. The number of aliphatic hydroxyl groups is 2. The van der Waals surface area contributed by atoms with E-state index in [0.29, 0.717) is 23.6 Å². The van der Waals surface area contributed by atoms with Crippen LogP contribution in [0.25, 0.3) is 0 Å². The summed E-state index contributed by atoms with van der Waals surface area (Å²) in [6.07, 6.45) is -2.51. The predicted octanol–water partition coefficient (Wildman–Crippen LogP) is 3.18. The van der Waals surface area contributed by atoms with E-state index >= 15 is 0 Å². The standard InChI is InChI=1S/C26H31ClO8/c1-4-32-19-9-6-16(7-10-19)12-17-13-18(8-11-21(17)27)26-24(30)23(29)20(14-22(28)33-5-2)25(31-3,35-26)15-34-26/h6-11,13,20,23-24,29-30H,4-5,12,14-15H2,1-3H3. The summed E-state index contributed by atoms with van der Waals surface area (Å²) < 4.78 is 28.4. The number of benzene rings is 2. The minimum atomic E-state index is -1.68. The summed E-state index contributed by atoms with van der Waals surface area (Å²) in [5.41, 5.74) is 2.30. The highest BCUT2D eigenvalue weighted by atomic mass is 35.5. The number of hydrogen-bond donors (Lipinski definition) is 2. The molecule has 2 N–H and O–H groups in total. The Balaban J connectivity index is 1.63. The Kier molecular flexibility index (Phi) is 7.71. The lowest BCUT2D eigenvalue weighted by molar-refractivity contribution is -0.365. The normalized spacial score (nSPS) is 29.7. The number of halogens is 1. The van der Waals surface area contributed by atoms with Gasteiger partial charge in [-0.3, -0.25) is 4.79 Å². The average Bonchev–Trinajstić information content (AvgIpc) is 3.23. The number of ether oxygens (including phenoxy) is 5. The molecule has 0 spiro atoms. The topological polar surface area (TPSA) is 104 Å². The summed E-state index contributed by atoms with van der Waals surface area (Å²) in [5, 5.41) is 22.8. The Morgan fingerprint density at radius 1 is 1.14 bits per heavy atom. The van der Waals surface area contributed by atoms with E-state index < -0.39 is 35.7 Å². The Bertz CT molecular complexity index is 1040. The van der Waals surface area contributed by atoms with Crippen LogP contribution in [0.1, 0.15) is 37.0 Å². The smallest absolute Gasteiger partial charge is 0.306 e. The number of fused-ring (bicyclic) bond motifs is 2. The van der Waals surface area contributed by atoms with Crippen LogP contribution in [0.4, 0.5) is 0 Å². The van der Waals surface area contributed by atoms with Crippen LogP contribution in [0.2, 0.25) is 5.02 Å². The molecule has 8 nitrogen and oxygen atoms in total. The van der Waals surface area contributed by atoms with Gasteiger partial charge in [-0.1, -0.05) is 29.8 Å². The molecule has 2 aromatic carbocycles. The van der Waals surface area contributed by atoms with Crippen LogP contribution in [0.15, 0.2) is 42.5 Å². The largest absolute Gasteiger partial charge is 0.494 e. The molecule has 0 aliphatic carbocycles. The highest BCUT2D eigenvalue weighted by molar-refractivity contribution is 6.31. The summed E-state index contributed by atoms with van der Waals surface area (Å²) in [6.45, 7) is 4.33. The van der Waals surface area contributed by atoms with Gasteiger partial charge in [0.1, 0.15) is 18.5 Å². The van der Waals surface area contributed by atoms with Crippen LogP contribution < -0.4 is 4.74 Å². The Labute approximate surface area is 209 Å². The summed E-state index contributed by atoms with van der Waals surface area (Å²) in [4.78, 5) is 12.2. The molecule has 35 heavy (non-hydrogen) atoms. The van der Waals surface area contributed by atoms with E-state index in [0.717, 1.165) is 16.9 Å². The predicted molar refractivity (Wildman–Crippen MR) is 127 cm³/mol. The van der Waals surface area contributed by atoms with Gasteiger partial charge in [-0.15, -0.1) is 0 Å². The van der Waals surface area contributed by atoms with E-state index in [-0.39, 0.29) is 19.6 Å². The molecule has 2 aliphatic heterocycles. The van der Waals surface area contributed by atoms with Crippen LogP contribution in [-0.2, 0) is 35.9 Å². The monoisotopic (exact) mass is 506 g/mol. The Hall–Kier alpha value is -2.20. The van der Waals surface area contributed by atoms with Gasteiger partial charge in [-0.25, -0.2) is 0 Å². The lowest BCUT2D eigenvalue weighted by Gasteiger charge is -2.47. The quantitative estimate of drug-likeness (QED) is 0.500. The Morgan fingerprint density at radius 3 is 2.54 bits per heavy atom. The molecule has 2 heterocycles. The first-order valence-electron chi connectivity index (χ1n) is 11.7. The fraction of sp³-hybridized carbons (Fsp3) is 0.500. The molecule has 0 amide bonds. The molecule has 2 fully saturated rings. The van der Waals surface area contributed by atoms with Gasteiger partial charge >= 0.3 is 5.97 Å². The highest BCUT2D eigenvalue weighted by Gasteiger charge is 2.68. The molecule has 4 rings (SSSR count). The van der Waals surface area contributed by atoms with E-state index in [1.807, 2.05) is 31.2 Å². The van der Waals surface area contributed by atoms with Gasteiger partial charge in [0.05, 0.1) is 31.7 Å². The van der Waals surface area contributed by atoms with Crippen molar-refractivity contribution in [3.8, 4) is 5.75 Å². The fourth-order valence-electron chi connectivity index (χ4n) is 4.81. The van der Waals surface area contributed by atoms with E-state index in [1.165, 1.54) is 7.11 Å². The molecule has 2 bridgehead atoms. The van der Waals surface area contributed by atoms with Crippen molar-refractivity contribution >= 4 is 17.6 Å². The Morgan fingerprint density at radius 2 is 1.89 bits per heavy atom. The molecular weight excluding hydrogens is 476 g/mol. The lowest BCUT2D eigenvalue weighted by atomic mass is 9.80. The highest BCUT2D eigenvalue weighted by Crippen LogP contribution is 2.53. The molecule has 0 radical (unpaired) electrons. The maximum atomic E-state index is 12.2. The second-order valence-corrected chi connectivity index (χ2v) is 9.09. The van der Waals surface area contributed by atoms with Crippen molar-refractivity contribution in [3.05, 3.63) is 64.2 Å². The molecule has 5 unspecified atom stereocenters. The van der Waals surface area contributed by atoms with Crippen molar-refractivity contribution < 1.29 is 38.7 Å². The number of aliphatic hydroxyl groups excluding tert-OH is 2. The molecule has 2 saturated heterocycles. The first-order valence-corrected chi connectivity index (χ1v) is 12.1. The van der Waals surface area contributed by atoms with Crippen molar-refractivity contribution in [3.63, 3.8) is 0 Å². The summed E-state index contributed by atoms with van der Waals surface area (Å²) in [7, 11) is 1.42. The van der Waals surface area contributed by atoms with Crippen LogP contribution in [0.3, 0.4) is 0 Å². The molecule has 0 saturated carbocycles. The van der Waals surface area contributed by atoms with Crippen LogP contribution in [0, 0.1) is 5.92 Å². The maximum Gasteiger partial charge on any atom is 0.306 e. The number of methoxy groups -OCH3 is 1. The fourth-order valence-corrected chi connectivity index (χ4v) is 5.00. The molecular formula is C26H31ClO8. The second-order valence-electron chi connectivity index (χ2n) is 8.69. The van der Waals surface area contributed by atoms with Gasteiger partial charge in [0, 0.05) is 17.7 Å². The van der Waals surface area contributed by atoms with Crippen molar-refractivity contribution in [1.82, 2.24) is 0 Å². The van der Waals surface area contributed by atoms with Crippen molar-refractivity contribution in [1.29, 1.82) is 0 Å². The first-order chi connectivity index (χ1) is 16.8. The van der Waals surface area contributed by atoms with Gasteiger partial charge in [-0.05, 0) is 55.7 Å². The third kappa shape index (κ3) is 4.79. The average molecular weight is 507 g/mol. The number of rotatable bonds is 9. The number of hydrogen-bond acceptors (Lipinski definition) is 8. The summed E-state index contributed by atoms with van der Waals surface area (Å²) in [5.74, 6) is -3.73. The second kappa shape index (κ2) is 10.4. The van der Waals surface area contributed by atoms with Crippen LogP contribution >= 0.6 is 11.6 Å². The third-order valence-corrected chi connectivity index (χ3v) is 6.99. The lowest BCUT2D eigenvalue weighted by Crippen LogP contribution is -2.62. The molecule has 2 aromatic rings. The third-order valence-electron chi connectivity index (χ3n) is 6.62. The van der Waals surface area contributed by atoms with Gasteiger partial charge in [-0.2, -0.15) is 0 Å². The number of esters is 1. The van der Waals surface area contributed by atoms with E-state index in [2.05, 4.69) is 0 Å². The summed E-state index contributed by atoms with van der Waals surface area (Å²) in [6, 6.07) is 12.9.